The monoisotopic (exact) mass is 400 g/mol. The molecule has 1 unspecified atom stereocenters. The molecule has 2 aromatic rings. The fraction of sp³-hybridized carbons (Fsp3) is 0.533. The van der Waals surface area contributed by atoms with Crippen molar-refractivity contribution in [3.8, 4) is 0 Å². The van der Waals surface area contributed by atoms with Crippen LogP contribution in [0.3, 0.4) is 0 Å². The summed E-state index contributed by atoms with van der Waals surface area (Å²) in [6.45, 7) is 6.18. The Labute approximate surface area is 184 Å². The van der Waals surface area contributed by atoms with E-state index in [1.165, 1.54) is 69.8 Å². The van der Waals surface area contributed by atoms with Gasteiger partial charge < -0.3 is 0 Å². The number of allylic oxidation sites excluding steroid dienone is 1. The van der Waals surface area contributed by atoms with E-state index >= 15 is 0 Å². The SMILES string of the molecule is C=CCCc1ccc2c(c1)CCC(c1ccc(C3CCC(CCCC)CC3)cc1)C2. The van der Waals surface area contributed by atoms with Crippen molar-refractivity contribution in [3.05, 3.63) is 82.9 Å². The Morgan fingerprint density at radius 3 is 2.30 bits per heavy atom. The summed E-state index contributed by atoms with van der Waals surface area (Å²) in [6, 6.07) is 17.0. The highest BCUT2D eigenvalue weighted by Gasteiger charge is 2.23. The van der Waals surface area contributed by atoms with E-state index in [9.17, 15) is 0 Å². The maximum absolute atomic E-state index is 3.86. The molecule has 0 aromatic heterocycles. The van der Waals surface area contributed by atoms with Crippen molar-refractivity contribution in [1.29, 1.82) is 0 Å². The van der Waals surface area contributed by atoms with Crippen molar-refractivity contribution >= 4 is 0 Å². The Morgan fingerprint density at radius 2 is 1.60 bits per heavy atom. The predicted octanol–water partition coefficient (Wildman–Crippen LogP) is 8.54. The van der Waals surface area contributed by atoms with Crippen LogP contribution >= 0.6 is 0 Å². The topological polar surface area (TPSA) is 0 Å². The molecule has 1 saturated carbocycles. The lowest BCUT2D eigenvalue weighted by molar-refractivity contribution is 0.304. The summed E-state index contributed by atoms with van der Waals surface area (Å²) in [7, 11) is 0. The normalized spacial score (nSPS) is 23.7. The van der Waals surface area contributed by atoms with Crippen molar-refractivity contribution in [2.24, 2.45) is 5.92 Å². The molecule has 30 heavy (non-hydrogen) atoms. The minimum absolute atomic E-state index is 0.690. The van der Waals surface area contributed by atoms with Crippen molar-refractivity contribution in [1.82, 2.24) is 0 Å². The zero-order valence-electron chi connectivity index (χ0n) is 19.0. The van der Waals surface area contributed by atoms with Crippen molar-refractivity contribution < 1.29 is 0 Å². The molecule has 0 aliphatic heterocycles. The zero-order valence-corrected chi connectivity index (χ0v) is 19.0. The van der Waals surface area contributed by atoms with Gasteiger partial charge in [0.2, 0.25) is 0 Å². The highest BCUT2D eigenvalue weighted by Crippen LogP contribution is 2.39. The highest BCUT2D eigenvalue weighted by molar-refractivity contribution is 5.38. The number of hydrogen-bond acceptors (Lipinski definition) is 0. The minimum Gasteiger partial charge on any atom is -0.103 e. The van der Waals surface area contributed by atoms with Crippen LogP contribution in [-0.2, 0) is 19.3 Å². The Hall–Kier alpha value is -1.82. The van der Waals surface area contributed by atoms with E-state index in [2.05, 4.69) is 56.0 Å². The maximum Gasteiger partial charge on any atom is -0.0118 e. The molecule has 160 valence electrons. The summed E-state index contributed by atoms with van der Waals surface area (Å²) in [5, 5.41) is 0. The predicted molar refractivity (Wildman–Crippen MR) is 130 cm³/mol. The van der Waals surface area contributed by atoms with E-state index in [1.807, 2.05) is 6.08 Å². The van der Waals surface area contributed by atoms with Crippen molar-refractivity contribution in [2.45, 2.75) is 95.8 Å². The van der Waals surface area contributed by atoms with E-state index in [0.717, 1.165) is 24.7 Å². The number of aryl methyl sites for hydroxylation is 2. The standard InChI is InChI=1S/C30H40/c1-3-5-7-23-9-12-25(13-10-23)26-15-17-27(18-16-26)29-20-19-28-21-24(8-6-4-2)11-14-30(28)22-29/h4,11,14-18,21,23,25,29H,2-3,5-10,12-13,19-20,22H2,1H3. The summed E-state index contributed by atoms with van der Waals surface area (Å²) in [6.07, 6.45) is 17.9. The minimum atomic E-state index is 0.690. The smallest absolute Gasteiger partial charge is 0.0118 e. The molecule has 0 amide bonds. The first-order valence-corrected chi connectivity index (χ1v) is 12.6. The van der Waals surface area contributed by atoms with Gasteiger partial charge in [-0.15, -0.1) is 6.58 Å². The molecule has 0 saturated heterocycles. The first-order valence-electron chi connectivity index (χ1n) is 12.6. The molecule has 2 aliphatic rings. The molecule has 4 rings (SSSR count). The first-order chi connectivity index (χ1) is 14.8. The summed E-state index contributed by atoms with van der Waals surface area (Å²) in [4.78, 5) is 0. The Bertz CT molecular complexity index is 804. The molecule has 0 spiro atoms. The fourth-order valence-electron chi connectivity index (χ4n) is 5.83. The first kappa shape index (κ1) is 21.4. The molecule has 0 bridgehead atoms. The van der Waals surface area contributed by atoms with E-state index in [4.69, 9.17) is 0 Å². The van der Waals surface area contributed by atoms with Gasteiger partial charge in [0.25, 0.3) is 0 Å². The number of hydrogen-bond donors (Lipinski definition) is 0. The third-order valence-electron chi connectivity index (χ3n) is 7.83. The quantitative estimate of drug-likeness (QED) is 0.389. The molecule has 0 radical (unpaired) electrons. The van der Waals surface area contributed by atoms with E-state index in [1.54, 1.807) is 22.3 Å². The number of rotatable bonds is 8. The Balaban J connectivity index is 1.34. The average molecular weight is 401 g/mol. The molecule has 1 atom stereocenters. The molecule has 1 fully saturated rings. The number of unbranched alkanes of at least 4 members (excludes halogenated alkanes) is 1. The fourth-order valence-corrected chi connectivity index (χ4v) is 5.83. The lowest BCUT2D eigenvalue weighted by atomic mass is 9.76. The van der Waals surface area contributed by atoms with Gasteiger partial charge >= 0.3 is 0 Å². The van der Waals surface area contributed by atoms with Gasteiger partial charge in [0.15, 0.2) is 0 Å². The second-order valence-corrected chi connectivity index (χ2v) is 9.90. The zero-order chi connectivity index (χ0) is 20.8. The number of benzene rings is 2. The summed E-state index contributed by atoms with van der Waals surface area (Å²) < 4.78 is 0. The van der Waals surface area contributed by atoms with E-state index < -0.39 is 0 Å². The average Bonchev–Trinajstić information content (AvgIpc) is 2.81. The van der Waals surface area contributed by atoms with Gasteiger partial charge in [-0.25, -0.2) is 0 Å². The molecule has 0 nitrogen and oxygen atoms in total. The molecule has 2 aromatic carbocycles. The van der Waals surface area contributed by atoms with E-state index in [0.29, 0.717) is 5.92 Å². The van der Waals surface area contributed by atoms with Crippen LogP contribution in [0.2, 0.25) is 0 Å². The third kappa shape index (κ3) is 5.26. The molecule has 0 N–H and O–H groups in total. The van der Waals surface area contributed by atoms with Crippen LogP contribution in [0, 0.1) is 5.92 Å². The van der Waals surface area contributed by atoms with Gasteiger partial charge in [-0.05, 0) is 103 Å². The van der Waals surface area contributed by atoms with E-state index in [-0.39, 0.29) is 0 Å². The van der Waals surface area contributed by atoms with Crippen molar-refractivity contribution in [2.75, 3.05) is 0 Å². The van der Waals surface area contributed by atoms with Crippen LogP contribution in [0.1, 0.15) is 104 Å². The van der Waals surface area contributed by atoms with Crippen LogP contribution in [-0.4, -0.2) is 0 Å². The molecule has 0 heteroatoms. The Morgan fingerprint density at radius 1 is 0.867 bits per heavy atom. The summed E-state index contributed by atoms with van der Waals surface area (Å²) >= 11 is 0. The van der Waals surface area contributed by atoms with Crippen molar-refractivity contribution in [3.63, 3.8) is 0 Å². The largest absolute Gasteiger partial charge is 0.103 e. The highest BCUT2D eigenvalue weighted by atomic mass is 14.3. The summed E-state index contributed by atoms with van der Waals surface area (Å²) in [5.41, 5.74) is 7.78. The third-order valence-corrected chi connectivity index (χ3v) is 7.83. The molecule has 0 heterocycles. The van der Waals surface area contributed by atoms with Crippen LogP contribution in [0.4, 0.5) is 0 Å². The van der Waals surface area contributed by atoms with Gasteiger partial charge in [-0.2, -0.15) is 0 Å². The lowest BCUT2D eigenvalue weighted by Crippen LogP contribution is -2.14. The maximum atomic E-state index is 3.86. The van der Waals surface area contributed by atoms with Crippen LogP contribution < -0.4 is 0 Å². The van der Waals surface area contributed by atoms with Crippen LogP contribution in [0.15, 0.2) is 55.1 Å². The number of fused-ring (bicyclic) bond motifs is 1. The second-order valence-electron chi connectivity index (χ2n) is 9.90. The van der Waals surface area contributed by atoms with Crippen LogP contribution in [0.25, 0.3) is 0 Å². The van der Waals surface area contributed by atoms with Gasteiger partial charge in [0.05, 0.1) is 0 Å². The molecular weight excluding hydrogens is 360 g/mol. The van der Waals surface area contributed by atoms with Crippen LogP contribution in [0.5, 0.6) is 0 Å². The lowest BCUT2D eigenvalue weighted by Gasteiger charge is -2.29. The van der Waals surface area contributed by atoms with Gasteiger partial charge in [0, 0.05) is 0 Å². The van der Waals surface area contributed by atoms with Gasteiger partial charge in [-0.3, -0.25) is 0 Å². The Kier molecular flexibility index (Phi) is 7.47. The second kappa shape index (κ2) is 10.5. The molecule has 2 aliphatic carbocycles. The van der Waals surface area contributed by atoms with Gasteiger partial charge in [0.1, 0.15) is 0 Å². The molecular formula is C30H40. The summed E-state index contributed by atoms with van der Waals surface area (Å²) in [5.74, 6) is 2.49. The van der Waals surface area contributed by atoms with Gasteiger partial charge in [-0.1, -0.05) is 74.7 Å².